The van der Waals surface area contributed by atoms with Crippen molar-refractivity contribution < 1.29 is 19.3 Å². The molecule has 0 aromatic heterocycles. The van der Waals surface area contributed by atoms with Crippen LogP contribution in [0.5, 0.6) is 0 Å². The van der Waals surface area contributed by atoms with Crippen molar-refractivity contribution in [1.82, 2.24) is 0 Å². The fourth-order valence-electron chi connectivity index (χ4n) is 2.09. The lowest BCUT2D eigenvalue weighted by molar-refractivity contribution is -0.384. The number of oxime groups is 1. The molecule has 0 saturated heterocycles. The molecular weight excluding hydrogens is 300 g/mol. The first-order chi connectivity index (χ1) is 11.1. The van der Waals surface area contributed by atoms with Crippen LogP contribution in [-0.2, 0) is 14.4 Å². The first kappa shape index (κ1) is 16.8. The van der Waals surface area contributed by atoms with Gasteiger partial charge in [-0.15, -0.1) is 0 Å². The maximum atomic E-state index is 11.5. The lowest BCUT2D eigenvalue weighted by atomic mass is 10.1. The Morgan fingerprint density at radius 2 is 2.17 bits per heavy atom. The number of allylic oxidation sites excluding steroid dienone is 1. The van der Waals surface area contributed by atoms with Crippen LogP contribution in [0.3, 0.4) is 0 Å². The molecule has 0 amide bonds. The lowest BCUT2D eigenvalue weighted by Crippen LogP contribution is -2.15. The Bertz CT molecular complexity index is 595. The van der Waals surface area contributed by atoms with E-state index in [1.165, 1.54) is 30.5 Å². The average molecular weight is 318 g/mol. The van der Waals surface area contributed by atoms with E-state index < -0.39 is 10.9 Å². The van der Waals surface area contributed by atoms with Crippen LogP contribution in [0, 0.1) is 10.1 Å². The van der Waals surface area contributed by atoms with Gasteiger partial charge in [-0.25, -0.2) is 4.79 Å². The maximum Gasteiger partial charge on any atom is 0.337 e. The first-order valence-electron chi connectivity index (χ1n) is 7.41. The molecule has 0 fully saturated rings. The summed E-state index contributed by atoms with van der Waals surface area (Å²) >= 11 is 0. The third kappa shape index (κ3) is 5.99. The van der Waals surface area contributed by atoms with Crippen molar-refractivity contribution in [2.24, 2.45) is 5.16 Å². The van der Waals surface area contributed by atoms with Crippen LogP contribution in [0.25, 0.3) is 0 Å². The third-order valence-electron chi connectivity index (χ3n) is 3.31. The highest BCUT2D eigenvalue weighted by Gasteiger charge is 2.10. The van der Waals surface area contributed by atoms with Crippen LogP contribution in [0.1, 0.15) is 31.2 Å². The lowest BCUT2D eigenvalue weighted by Gasteiger charge is -2.16. The zero-order chi connectivity index (χ0) is 16.5. The summed E-state index contributed by atoms with van der Waals surface area (Å²) in [6.45, 7) is 0.293. The molecule has 23 heavy (non-hydrogen) atoms. The number of carbonyl (C=O) groups excluding carboxylic acids is 1. The number of benzene rings is 1. The molecule has 7 heteroatoms. The van der Waals surface area contributed by atoms with Gasteiger partial charge < -0.3 is 9.57 Å². The second-order valence-electron chi connectivity index (χ2n) is 5.06. The number of nitrogens with zero attached hydrogens (tertiary/aromatic N) is 2. The summed E-state index contributed by atoms with van der Waals surface area (Å²) in [6.07, 6.45) is 8.80. The van der Waals surface area contributed by atoms with E-state index in [0.29, 0.717) is 12.2 Å². The van der Waals surface area contributed by atoms with Crippen LogP contribution in [0.4, 0.5) is 5.69 Å². The van der Waals surface area contributed by atoms with Crippen LogP contribution in [0.2, 0.25) is 0 Å². The summed E-state index contributed by atoms with van der Waals surface area (Å²) in [6, 6.07) is 5.76. The second-order valence-corrected chi connectivity index (χ2v) is 5.06. The molecular formula is C16H18N2O5. The molecule has 7 nitrogen and oxygen atoms in total. The predicted octanol–water partition coefficient (Wildman–Crippen LogP) is 2.99. The van der Waals surface area contributed by atoms with Gasteiger partial charge in [0.15, 0.2) is 0 Å². The van der Waals surface area contributed by atoms with E-state index in [-0.39, 0.29) is 18.2 Å². The molecule has 1 aliphatic rings. The molecule has 1 aliphatic carbocycles. The Kier molecular flexibility index (Phi) is 6.43. The standard InChI is InChI=1S/C16H18N2O5/c19-16(10-11-22-15-4-2-1-3-5-15)23-17-12-13-6-8-14(9-7-13)18(20)21/h2,4,6-9,12,15H,1,3,5,10-11H2/b17-12-. The zero-order valence-corrected chi connectivity index (χ0v) is 12.6. The molecule has 2 rings (SSSR count). The summed E-state index contributed by atoms with van der Waals surface area (Å²) in [5, 5.41) is 14.1. The fourth-order valence-corrected chi connectivity index (χ4v) is 2.09. The van der Waals surface area contributed by atoms with Gasteiger partial charge in [0, 0.05) is 12.1 Å². The first-order valence-corrected chi connectivity index (χ1v) is 7.41. The molecule has 1 unspecified atom stereocenters. The number of ether oxygens (including phenoxy) is 1. The smallest absolute Gasteiger partial charge is 0.337 e. The number of hydrogen-bond acceptors (Lipinski definition) is 6. The summed E-state index contributed by atoms with van der Waals surface area (Å²) in [5.74, 6) is -0.483. The minimum absolute atomic E-state index is 0.00643. The number of nitro groups is 1. The van der Waals surface area contributed by atoms with E-state index in [1.807, 2.05) is 6.08 Å². The topological polar surface area (TPSA) is 91.0 Å². The molecule has 0 heterocycles. The van der Waals surface area contributed by atoms with Crippen LogP contribution >= 0.6 is 0 Å². The summed E-state index contributed by atoms with van der Waals surface area (Å²) in [7, 11) is 0. The molecule has 122 valence electrons. The van der Waals surface area contributed by atoms with Gasteiger partial charge in [0.1, 0.15) is 0 Å². The van der Waals surface area contributed by atoms with Gasteiger partial charge in [-0.3, -0.25) is 10.1 Å². The minimum atomic E-state index is -0.484. The van der Waals surface area contributed by atoms with Crippen molar-refractivity contribution in [2.45, 2.75) is 31.8 Å². The van der Waals surface area contributed by atoms with Gasteiger partial charge in [0.2, 0.25) is 0 Å². The Morgan fingerprint density at radius 3 is 2.83 bits per heavy atom. The van der Waals surface area contributed by atoms with Crippen molar-refractivity contribution in [3.05, 3.63) is 52.1 Å². The molecule has 0 spiro atoms. The number of nitro benzene ring substituents is 1. The van der Waals surface area contributed by atoms with Crippen molar-refractivity contribution >= 4 is 17.9 Å². The quantitative estimate of drug-likeness (QED) is 0.253. The van der Waals surface area contributed by atoms with E-state index in [0.717, 1.165) is 19.3 Å². The van der Waals surface area contributed by atoms with Gasteiger partial charge in [-0.2, -0.15) is 0 Å². The Labute approximate surface area is 133 Å². The number of non-ortho nitro benzene ring substituents is 1. The Hall–Kier alpha value is -2.54. The van der Waals surface area contributed by atoms with Gasteiger partial charge in [0.05, 0.1) is 30.3 Å². The second kappa shape index (κ2) is 8.79. The van der Waals surface area contributed by atoms with Crippen molar-refractivity contribution in [3.8, 4) is 0 Å². The van der Waals surface area contributed by atoms with Gasteiger partial charge in [0.25, 0.3) is 5.69 Å². The summed E-state index contributed by atoms with van der Waals surface area (Å²) < 4.78 is 5.55. The molecule has 1 atom stereocenters. The Balaban J connectivity index is 1.67. The van der Waals surface area contributed by atoms with Crippen LogP contribution in [-0.4, -0.2) is 29.8 Å². The summed E-state index contributed by atoms with van der Waals surface area (Å²) in [4.78, 5) is 26.2. The molecule has 0 bridgehead atoms. The molecule has 0 aliphatic heterocycles. The van der Waals surface area contributed by atoms with E-state index in [1.54, 1.807) is 0 Å². The van der Waals surface area contributed by atoms with Crippen molar-refractivity contribution in [1.29, 1.82) is 0 Å². The van der Waals surface area contributed by atoms with Crippen LogP contribution < -0.4 is 0 Å². The van der Waals surface area contributed by atoms with E-state index in [9.17, 15) is 14.9 Å². The normalized spacial score (nSPS) is 17.3. The fraction of sp³-hybridized carbons (Fsp3) is 0.375. The number of carbonyl (C=O) groups is 1. The highest BCUT2D eigenvalue weighted by atomic mass is 16.7. The highest BCUT2D eigenvalue weighted by molar-refractivity contribution is 5.80. The van der Waals surface area contributed by atoms with Gasteiger partial charge >= 0.3 is 5.97 Å². The monoisotopic (exact) mass is 318 g/mol. The third-order valence-corrected chi connectivity index (χ3v) is 3.31. The summed E-state index contributed by atoms with van der Waals surface area (Å²) in [5.41, 5.74) is 0.597. The molecule has 1 aromatic carbocycles. The van der Waals surface area contributed by atoms with Gasteiger partial charge in [-0.1, -0.05) is 17.3 Å². The Morgan fingerprint density at radius 1 is 1.39 bits per heavy atom. The molecule has 0 N–H and O–H groups in total. The van der Waals surface area contributed by atoms with Crippen molar-refractivity contribution in [3.63, 3.8) is 0 Å². The average Bonchev–Trinajstić information content (AvgIpc) is 2.56. The largest absolute Gasteiger partial charge is 0.374 e. The maximum absolute atomic E-state index is 11.5. The number of rotatable bonds is 7. The zero-order valence-electron chi connectivity index (χ0n) is 12.6. The van der Waals surface area contributed by atoms with Crippen LogP contribution in [0.15, 0.2) is 41.6 Å². The molecule has 0 saturated carbocycles. The van der Waals surface area contributed by atoms with E-state index in [4.69, 9.17) is 9.57 Å². The predicted molar refractivity (Wildman–Crippen MR) is 84.1 cm³/mol. The highest BCUT2D eigenvalue weighted by Crippen LogP contribution is 2.13. The molecule has 0 radical (unpaired) electrons. The van der Waals surface area contributed by atoms with E-state index >= 15 is 0 Å². The van der Waals surface area contributed by atoms with E-state index in [2.05, 4.69) is 11.2 Å². The molecule has 1 aromatic rings. The SMILES string of the molecule is O=C(CCOC1C=CCCC1)O/N=C\c1ccc([N+](=O)[O-])cc1. The van der Waals surface area contributed by atoms with Crippen molar-refractivity contribution in [2.75, 3.05) is 6.61 Å². The van der Waals surface area contributed by atoms with Gasteiger partial charge in [-0.05, 0) is 37.0 Å². The number of hydrogen-bond donors (Lipinski definition) is 0. The minimum Gasteiger partial charge on any atom is -0.374 e.